The molecule has 4 heteroatoms. The Morgan fingerprint density at radius 2 is 2.00 bits per heavy atom. The van der Waals surface area contributed by atoms with Crippen molar-refractivity contribution in [2.45, 2.75) is 52.5 Å². The van der Waals surface area contributed by atoms with Gasteiger partial charge in [0, 0.05) is 6.42 Å². The van der Waals surface area contributed by atoms with Gasteiger partial charge in [-0.1, -0.05) is 13.3 Å². The first kappa shape index (κ1) is 12.7. The highest BCUT2D eigenvalue weighted by molar-refractivity contribution is 6.13. The fourth-order valence-corrected chi connectivity index (χ4v) is 1.34. The summed E-state index contributed by atoms with van der Waals surface area (Å²) in [6, 6.07) is 0. The van der Waals surface area contributed by atoms with Crippen LogP contribution in [0.15, 0.2) is 0 Å². The second-order valence-electron chi connectivity index (χ2n) is 4.09. The molecule has 0 aliphatic carbocycles. The van der Waals surface area contributed by atoms with E-state index in [9.17, 15) is 4.79 Å². The molecule has 0 radical (unpaired) electrons. The molecule has 0 atom stereocenters. The number of hydrogen-bond acceptors (Lipinski definition) is 2. The predicted octanol–water partition coefficient (Wildman–Crippen LogP) is 2.46. The Labute approximate surface area is 85.5 Å². The average molecular weight is 207 g/mol. The van der Waals surface area contributed by atoms with Gasteiger partial charge >= 0.3 is 0 Å². The number of halogens is 1. The summed E-state index contributed by atoms with van der Waals surface area (Å²) >= 11 is 5.48. The monoisotopic (exact) mass is 206 g/mol. The molecule has 3 nitrogen and oxygen atoms in total. The van der Waals surface area contributed by atoms with Crippen LogP contribution >= 0.6 is 11.8 Å². The minimum atomic E-state index is -0.271. The maximum absolute atomic E-state index is 11.6. The molecule has 13 heavy (non-hydrogen) atoms. The van der Waals surface area contributed by atoms with Crippen molar-refractivity contribution in [1.29, 1.82) is 0 Å². The maximum Gasteiger partial charge on any atom is 0.238 e. The second kappa shape index (κ2) is 5.45. The zero-order valence-corrected chi connectivity index (χ0v) is 9.61. The third-order valence-electron chi connectivity index (χ3n) is 1.75. The summed E-state index contributed by atoms with van der Waals surface area (Å²) in [4.78, 5) is 14.0. The van der Waals surface area contributed by atoms with Crippen LogP contribution in [0.2, 0.25) is 0 Å². The molecule has 1 N–H and O–H groups in total. The van der Waals surface area contributed by atoms with Gasteiger partial charge in [-0.2, -0.15) is 0 Å². The topological polar surface area (TPSA) is 32.3 Å². The van der Waals surface area contributed by atoms with Gasteiger partial charge in [-0.15, -0.1) is 4.94 Å². The first-order valence-electron chi connectivity index (χ1n) is 4.62. The number of hydrazine groups is 1. The van der Waals surface area contributed by atoms with Crippen LogP contribution in [0.1, 0.15) is 47.0 Å². The largest absolute Gasteiger partial charge is 0.273 e. The second-order valence-corrected chi connectivity index (χ2v) is 4.26. The van der Waals surface area contributed by atoms with E-state index >= 15 is 0 Å². The third kappa shape index (κ3) is 4.48. The molecule has 78 valence electrons. The van der Waals surface area contributed by atoms with Gasteiger partial charge in [-0.3, -0.25) is 9.80 Å². The van der Waals surface area contributed by atoms with E-state index in [4.69, 9.17) is 11.8 Å². The van der Waals surface area contributed by atoms with E-state index in [1.54, 1.807) is 0 Å². The third-order valence-corrected chi connectivity index (χ3v) is 1.92. The van der Waals surface area contributed by atoms with Gasteiger partial charge in [0.15, 0.2) is 0 Å². The molecular weight excluding hydrogens is 188 g/mol. The number of hydrogen-bond donors (Lipinski definition) is 1. The number of nitrogens with zero attached hydrogens (tertiary/aromatic N) is 1. The molecule has 1 amide bonds. The van der Waals surface area contributed by atoms with E-state index in [0.29, 0.717) is 6.42 Å². The molecule has 0 bridgehead atoms. The normalized spacial score (nSPS) is 11.5. The summed E-state index contributed by atoms with van der Waals surface area (Å²) in [5.74, 6) is 0.0457. The number of carbonyl (C=O) groups is 1. The van der Waals surface area contributed by atoms with Crippen LogP contribution in [0, 0.1) is 0 Å². The van der Waals surface area contributed by atoms with Crippen molar-refractivity contribution in [3.63, 3.8) is 0 Å². The molecule has 0 spiro atoms. The molecule has 0 aromatic rings. The summed E-state index contributed by atoms with van der Waals surface area (Å²) < 4.78 is 0. The number of carbonyl (C=O) groups excluding carboxylic acids is 1. The molecule has 0 unspecified atom stereocenters. The van der Waals surface area contributed by atoms with Crippen molar-refractivity contribution in [2.24, 2.45) is 0 Å². The predicted molar refractivity (Wildman–Crippen MR) is 55.1 cm³/mol. The van der Waals surface area contributed by atoms with Gasteiger partial charge in [-0.25, -0.2) is 0 Å². The molecular formula is C9H19ClN2O. The van der Waals surface area contributed by atoms with E-state index in [1.165, 1.54) is 5.01 Å². The van der Waals surface area contributed by atoms with Crippen molar-refractivity contribution < 1.29 is 4.79 Å². The molecule has 0 aromatic carbocycles. The Kier molecular flexibility index (Phi) is 5.33. The summed E-state index contributed by atoms with van der Waals surface area (Å²) in [6.07, 6.45) is 2.48. The van der Waals surface area contributed by atoms with E-state index in [2.05, 4.69) is 11.9 Å². The highest BCUT2D eigenvalue weighted by Gasteiger charge is 2.25. The number of amides is 1. The minimum absolute atomic E-state index is 0.0457. The van der Waals surface area contributed by atoms with Crippen molar-refractivity contribution in [1.82, 2.24) is 9.95 Å². The van der Waals surface area contributed by atoms with Gasteiger partial charge in [0.1, 0.15) is 0 Å². The molecule has 0 aliphatic rings. The Hall–Kier alpha value is -0.280. The average Bonchev–Trinajstić information content (AvgIpc) is 1.99. The van der Waals surface area contributed by atoms with Crippen molar-refractivity contribution >= 4 is 17.7 Å². The van der Waals surface area contributed by atoms with Crippen LogP contribution in [0.5, 0.6) is 0 Å². The van der Waals surface area contributed by atoms with Crippen LogP contribution in [0.25, 0.3) is 0 Å². The van der Waals surface area contributed by atoms with E-state index < -0.39 is 0 Å². The molecule has 0 aliphatic heterocycles. The van der Waals surface area contributed by atoms with Gasteiger partial charge in [0.25, 0.3) is 0 Å². The Morgan fingerprint density at radius 1 is 1.46 bits per heavy atom. The van der Waals surface area contributed by atoms with Crippen LogP contribution in [0.3, 0.4) is 0 Å². The van der Waals surface area contributed by atoms with Crippen molar-refractivity contribution in [3.8, 4) is 0 Å². The highest BCUT2D eigenvalue weighted by Crippen LogP contribution is 2.13. The van der Waals surface area contributed by atoms with Crippen LogP contribution in [-0.2, 0) is 4.79 Å². The van der Waals surface area contributed by atoms with Crippen LogP contribution < -0.4 is 4.94 Å². The van der Waals surface area contributed by atoms with E-state index in [-0.39, 0.29) is 11.4 Å². The lowest BCUT2D eigenvalue weighted by atomic mass is 10.1. The Balaban J connectivity index is 4.16. The highest BCUT2D eigenvalue weighted by atomic mass is 35.5. The standard InChI is InChI=1S/C9H19ClN2O/c1-5-6-7-8(13)12(11-10)9(2,3)4/h11H,5-7H2,1-4H3. The summed E-state index contributed by atoms with van der Waals surface area (Å²) in [6.45, 7) is 7.87. The van der Waals surface area contributed by atoms with Crippen molar-refractivity contribution in [2.75, 3.05) is 0 Å². The summed E-state index contributed by atoms with van der Waals surface area (Å²) in [5.41, 5.74) is -0.271. The van der Waals surface area contributed by atoms with Crippen LogP contribution in [0.4, 0.5) is 0 Å². The number of rotatable bonds is 4. The zero-order chi connectivity index (χ0) is 10.5. The molecule has 0 saturated carbocycles. The molecule has 0 fully saturated rings. The number of nitrogens with one attached hydrogen (secondary N) is 1. The minimum Gasteiger partial charge on any atom is -0.273 e. The lowest BCUT2D eigenvalue weighted by Crippen LogP contribution is -2.50. The maximum atomic E-state index is 11.6. The smallest absolute Gasteiger partial charge is 0.238 e. The fourth-order valence-electron chi connectivity index (χ4n) is 0.988. The molecule has 0 heterocycles. The SMILES string of the molecule is CCCCC(=O)N(NCl)C(C)(C)C. The first-order chi connectivity index (χ1) is 5.93. The first-order valence-corrected chi connectivity index (χ1v) is 5.00. The molecule has 0 saturated heterocycles. The Bertz CT molecular complexity index is 165. The van der Waals surface area contributed by atoms with Gasteiger partial charge in [0.05, 0.1) is 5.54 Å². The number of unbranched alkanes of at least 4 members (excludes halogenated alkanes) is 1. The van der Waals surface area contributed by atoms with E-state index in [0.717, 1.165) is 12.8 Å². The molecule has 0 rings (SSSR count). The summed E-state index contributed by atoms with van der Waals surface area (Å²) in [7, 11) is 0. The van der Waals surface area contributed by atoms with Gasteiger partial charge in [0.2, 0.25) is 5.91 Å². The Morgan fingerprint density at radius 3 is 2.31 bits per heavy atom. The quantitative estimate of drug-likeness (QED) is 0.566. The molecule has 0 aromatic heterocycles. The van der Waals surface area contributed by atoms with Crippen molar-refractivity contribution in [3.05, 3.63) is 0 Å². The zero-order valence-electron chi connectivity index (χ0n) is 8.85. The van der Waals surface area contributed by atoms with Gasteiger partial charge < -0.3 is 0 Å². The fraction of sp³-hybridized carbons (Fsp3) is 0.889. The van der Waals surface area contributed by atoms with E-state index in [1.807, 2.05) is 20.8 Å². The van der Waals surface area contributed by atoms with Crippen LogP contribution in [-0.4, -0.2) is 16.5 Å². The lowest BCUT2D eigenvalue weighted by Gasteiger charge is -2.33. The lowest BCUT2D eigenvalue weighted by molar-refractivity contribution is -0.138. The van der Waals surface area contributed by atoms with Gasteiger partial charge in [-0.05, 0) is 39.0 Å². The summed E-state index contributed by atoms with van der Waals surface area (Å²) in [5, 5.41) is 1.46.